The molecule has 154 valence electrons. The highest BCUT2D eigenvalue weighted by atomic mass is 32.2. The number of ether oxygens (including phenoxy) is 1. The molecule has 0 saturated carbocycles. The lowest BCUT2D eigenvalue weighted by Gasteiger charge is -2.28. The van der Waals surface area contributed by atoms with Crippen molar-refractivity contribution in [2.75, 3.05) is 48.0 Å². The van der Waals surface area contributed by atoms with Gasteiger partial charge >= 0.3 is 0 Å². The minimum atomic E-state index is -2.94. The normalized spacial score (nSPS) is 21.1. The van der Waals surface area contributed by atoms with Crippen LogP contribution in [-0.4, -0.2) is 57.4 Å². The second-order valence-electron chi connectivity index (χ2n) is 7.24. The molecule has 1 unspecified atom stereocenters. The number of anilines is 2. The number of hydrogen-bond donors (Lipinski definition) is 1. The molecule has 2 fully saturated rings. The van der Waals surface area contributed by atoms with Crippen LogP contribution in [0.1, 0.15) is 16.8 Å². The van der Waals surface area contributed by atoms with Crippen LogP contribution in [-0.2, 0) is 14.6 Å². The van der Waals surface area contributed by atoms with E-state index in [1.807, 2.05) is 42.5 Å². The number of sulfone groups is 1. The van der Waals surface area contributed by atoms with Crippen molar-refractivity contribution in [2.24, 2.45) is 0 Å². The van der Waals surface area contributed by atoms with Crippen LogP contribution in [0.5, 0.6) is 0 Å². The molecular formula is C21H24N2O4S2. The standard InChI is InChI=1S/C21H24N2O4S2/c24-21(22-16-5-7-17(8-6-16)23-10-12-27-13-11-23)19-3-1-2-4-20(19)28-18-9-14-29(25,26)15-18/h1-8,18H,9-15H2,(H,22,24). The Morgan fingerprint density at radius 3 is 2.48 bits per heavy atom. The fourth-order valence-corrected chi connectivity index (χ4v) is 7.19. The third-order valence-corrected chi connectivity index (χ3v) is 8.44. The van der Waals surface area contributed by atoms with E-state index < -0.39 is 9.84 Å². The molecule has 4 rings (SSSR count). The first-order valence-corrected chi connectivity index (χ1v) is 12.4. The predicted molar refractivity (Wildman–Crippen MR) is 117 cm³/mol. The highest BCUT2D eigenvalue weighted by Gasteiger charge is 2.29. The van der Waals surface area contributed by atoms with E-state index in [0.717, 1.165) is 42.6 Å². The SMILES string of the molecule is O=C(Nc1ccc(N2CCOCC2)cc1)c1ccccc1SC1CCS(=O)(=O)C1. The largest absolute Gasteiger partial charge is 0.378 e. The van der Waals surface area contributed by atoms with Gasteiger partial charge in [-0.05, 0) is 42.8 Å². The molecule has 0 spiro atoms. The highest BCUT2D eigenvalue weighted by molar-refractivity contribution is 8.02. The topological polar surface area (TPSA) is 75.7 Å². The van der Waals surface area contributed by atoms with E-state index in [4.69, 9.17) is 4.74 Å². The molecule has 2 heterocycles. The van der Waals surface area contributed by atoms with Gasteiger partial charge in [0.15, 0.2) is 9.84 Å². The Morgan fingerprint density at radius 2 is 1.79 bits per heavy atom. The van der Waals surface area contributed by atoms with E-state index in [2.05, 4.69) is 10.2 Å². The van der Waals surface area contributed by atoms with Crippen LogP contribution in [0.4, 0.5) is 11.4 Å². The maximum Gasteiger partial charge on any atom is 0.256 e. The van der Waals surface area contributed by atoms with Crippen molar-refractivity contribution < 1.29 is 17.9 Å². The predicted octanol–water partition coefficient (Wildman–Crippen LogP) is 3.05. The summed E-state index contributed by atoms with van der Waals surface area (Å²) in [6.07, 6.45) is 0.631. The molecule has 2 saturated heterocycles. The number of morpholine rings is 1. The van der Waals surface area contributed by atoms with Gasteiger partial charge < -0.3 is 15.0 Å². The Kier molecular flexibility index (Phi) is 6.12. The molecule has 2 aromatic carbocycles. The van der Waals surface area contributed by atoms with Gasteiger partial charge in [-0.15, -0.1) is 11.8 Å². The number of nitrogens with one attached hydrogen (secondary N) is 1. The van der Waals surface area contributed by atoms with E-state index in [1.165, 1.54) is 11.8 Å². The maximum atomic E-state index is 12.9. The first kappa shape index (κ1) is 20.3. The maximum absolute atomic E-state index is 12.9. The minimum absolute atomic E-state index is 0.00163. The minimum Gasteiger partial charge on any atom is -0.378 e. The molecule has 29 heavy (non-hydrogen) atoms. The summed E-state index contributed by atoms with van der Waals surface area (Å²) in [6, 6.07) is 15.2. The summed E-state index contributed by atoms with van der Waals surface area (Å²) in [5.41, 5.74) is 2.42. The quantitative estimate of drug-likeness (QED) is 0.783. The Labute approximate surface area is 175 Å². The highest BCUT2D eigenvalue weighted by Crippen LogP contribution is 2.33. The number of carbonyl (C=O) groups is 1. The first-order valence-electron chi connectivity index (χ1n) is 9.70. The van der Waals surface area contributed by atoms with Gasteiger partial charge in [0, 0.05) is 34.6 Å². The van der Waals surface area contributed by atoms with Crippen molar-refractivity contribution in [2.45, 2.75) is 16.6 Å². The molecule has 2 aliphatic rings. The number of benzene rings is 2. The second kappa shape index (κ2) is 8.77. The Balaban J connectivity index is 1.43. The van der Waals surface area contributed by atoms with Crippen LogP contribution in [0.15, 0.2) is 53.4 Å². The lowest BCUT2D eigenvalue weighted by atomic mass is 10.2. The molecule has 1 N–H and O–H groups in total. The molecule has 1 atom stereocenters. The van der Waals surface area contributed by atoms with E-state index in [-0.39, 0.29) is 22.7 Å². The fraction of sp³-hybridized carbons (Fsp3) is 0.381. The summed E-state index contributed by atoms with van der Waals surface area (Å²) in [7, 11) is -2.94. The van der Waals surface area contributed by atoms with Gasteiger partial charge in [0.2, 0.25) is 0 Å². The van der Waals surface area contributed by atoms with Gasteiger partial charge in [0.1, 0.15) is 0 Å². The third-order valence-electron chi connectivity index (χ3n) is 5.12. The molecule has 0 bridgehead atoms. The summed E-state index contributed by atoms with van der Waals surface area (Å²) in [5.74, 6) is 0.221. The second-order valence-corrected chi connectivity index (χ2v) is 10.8. The Morgan fingerprint density at radius 1 is 1.07 bits per heavy atom. The molecule has 6 nitrogen and oxygen atoms in total. The van der Waals surface area contributed by atoms with Gasteiger partial charge in [-0.1, -0.05) is 12.1 Å². The van der Waals surface area contributed by atoms with Crippen molar-refractivity contribution in [1.29, 1.82) is 0 Å². The van der Waals surface area contributed by atoms with E-state index in [0.29, 0.717) is 12.0 Å². The summed E-state index contributed by atoms with van der Waals surface area (Å²) in [5, 5.41) is 2.96. The molecule has 0 aromatic heterocycles. The molecule has 1 amide bonds. The van der Waals surface area contributed by atoms with Crippen molar-refractivity contribution in [1.82, 2.24) is 0 Å². The van der Waals surface area contributed by atoms with Crippen LogP contribution in [0.25, 0.3) is 0 Å². The number of amides is 1. The number of rotatable bonds is 5. The van der Waals surface area contributed by atoms with Crippen LogP contribution >= 0.6 is 11.8 Å². The van der Waals surface area contributed by atoms with Gasteiger partial charge in [-0.3, -0.25) is 4.79 Å². The zero-order valence-electron chi connectivity index (χ0n) is 16.0. The molecule has 0 radical (unpaired) electrons. The molecule has 0 aliphatic carbocycles. The summed E-state index contributed by atoms with van der Waals surface area (Å²) >= 11 is 1.48. The van der Waals surface area contributed by atoms with Gasteiger partial charge in [-0.25, -0.2) is 8.42 Å². The molecule has 2 aliphatic heterocycles. The van der Waals surface area contributed by atoms with Crippen LogP contribution in [0.2, 0.25) is 0 Å². The van der Waals surface area contributed by atoms with E-state index in [1.54, 1.807) is 6.07 Å². The number of hydrogen-bond acceptors (Lipinski definition) is 6. The van der Waals surface area contributed by atoms with Crippen LogP contribution in [0.3, 0.4) is 0 Å². The third kappa shape index (κ3) is 5.12. The van der Waals surface area contributed by atoms with Crippen molar-refractivity contribution in [3.63, 3.8) is 0 Å². The molecule has 2 aromatic rings. The molecule has 8 heteroatoms. The number of thioether (sulfide) groups is 1. The molecular weight excluding hydrogens is 408 g/mol. The van der Waals surface area contributed by atoms with Crippen LogP contribution in [0, 0.1) is 0 Å². The van der Waals surface area contributed by atoms with Crippen molar-refractivity contribution >= 4 is 38.9 Å². The van der Waals surface area contributed by atoms with Gasteiger partial charge in [0.05, 0.1) is 30.3 Å². The van der Waals surface area contributed by atoms with Crippen molar-refractivity contribution in [3.8, 4) is 0 Å². The zero-order valence-corrected chi connectivity index (χ0v) is 17.7. The lowest BCUT2D eigenvalue weighted by molar-refractivity contribution is 0.102. The first-order chi connectivity index (χ1) is 14.0. The smallest absolute Gasteiger partial charge is 0.256 e. The fourth-order valence-electron chi connectivity index (χ4n) is 3.57. The van der Waals surface area contributed by atoms with E-state index >= 15 is 0 Å². The van der Waals surface area contributed by atoms with Gasteiger partial charge in [0.25, 0.3) is 5.91 Å². The summed E-state index contributed by atoms with van der Waals surface area (Å²) < 4.78 is 28.8. The number of carbonyl (C=O) groups excluding carboxylic acids is 1. The van der Waals surface area contributed by atoms with E-state index in [9.17, 15) is 13.2 Å². The Hall–Kier alpha value is -2.03. The summed E-state index contributed by atoms with van der Waals surface area (Å²) in [4.78, 5) is 15.9. The average Bonchev–Trinajstić information content (AvgIpc) is 3.08. The Bertz CT molecular complexity index is 970. The number of nitrogens with zero attached hydrogens (tertiary/aromatic N) is 1. The zero-order chi connectivity index (χ0) is 20.3. The van der Waals surface area contributed by atoms with Crippen molar-refractivity contribution in [3.05, 3.63) is 54.1 Å². The average molecular weight is 433 g/mol. The monoisotopic (exact) mass is 432 g/mol. The summed E-state index contributed by atoms with van der Waals surface area (Å²) in [6.45, 7) is 3.20. The lowest BCUT2D eigenvalue weighted by Crippen LogP contribution is -2.36. The van der Waals surface area contributed by atoms with Crippen LogP contribution < -0.4 is 10.2 Å². The van der Waals surface area contributed by atoms with Gasteiger partial charge in [-0.2, -0.15) is 0 Å².